The third kappa shape index (κ3) is 4.76. The van der Waals surface area contributed by atoms with Crippen LogP contribution < -0.4 is 16.0 Å². The van der Waals surface area contributed by atoms with Gasteiger partial charge in [-0.25, -0.2) is 0 Å². The highest BCUT2D eigenvalue weighted by molar-refractivity contribution is 5.93. The molecule has 4 nitrogen and oxygen atoms in total. The maximum absolute atomic E-state index is 11.7. The number of carbonyl (C=O) groups excluding carboxylic acids is 1. The molecule has 1 aromatic carbocycles. The molecule has 0 radical (unpaired) electrons. The van der Waals surface area contributed by atoms with Crippen molar-refractivity contribution in [3.05, 3.63) is 53.4 Å². The monoisotopic (exact) mass is 285 g/mol. The van der Waals surface area contributed by atoms with Gasteiger partial charge in [-0.2, -0.15) is 0 Å². The van der Waals surface area contributed by atoms with Crippen LogP contribution >= 0.6 is 0 Å². The lowest BCUT2D eigenvalue weighted by molar-refractivity contribution is -0.114. The lowest BCUT2D eigenvalue weighted by Gasteiger charge is -2.19. The Kier molecular flexibility index (Phi) is 5.58. The maximum atomic E-state index is 11.7. The van der Waals surface area contributed by atoms with E-state index in [1.807, 2.05) is 13.1 Å². The summed E-state index contributed by atoms with van der Waals surface area (Å²) in [6.07, 6.45) is 5.20. The van der Waals surface area contributed by atoms with E-state index in [0.717, 1.165) is 30.0 Å². The smallest absolute Gasteiger partial charge is 0.163 e. The van der Waals surface area contributed by atoms with Gasteiger partial charge in [0.05, 0.1) is 13.0 Å². The van der Waals surface area contributed by atoms with E-state index in [0.29, 0.717) is 13.0 Å². The molecule has 0 bridgehead atoms. The number of carbonyl (C=O) groups is 1. The fourth-order valence-corrected chi connectivity index (χ4v) is 2.22. The standard InChI is InChI=1S/C17H23N3O/c1-3-13-4-6-14(7-5-13)19-12-16-11-17(21)10-15(20-16)8-9-18-2/h4-8,11,18-20H,3,9-10,12H2,1-2H3/b15-8+. The lowest BCUT2D eigenvalue weighted by Crippen LogP contribution is -2.27. The second-order valence-electron chi connectivity index (χ2n) is 5.13. The van der Waals surface area contributed by atoms with Crippen LogP contribution in [-0.4, -0.2) is 25.9 Å². The Balaban J connectivity index is 1.93. The summed E-state index contributed by atoms with van der Waals surface area (Å²) in [5.74, 6) is 0.147. The highest BCUT2D eigenvalue weighted by Crippen LogP contribution is 2.13. The average Bonchev–Trinajstić information content (AvgIpc) is 2.51. The molecule has 0 unspecified atom stereocenters. The number of ketones is 1. The van der Waals surface area contributed by atoms with E-state index in [1.165, 1.54) is 5.56 Å². The molecule has 0 saturated heterocycles. The highest BCUT2D eigenvalue weighted by atomic mass is 16.1. The van der Waals surface area contributed by atoms with Gasteiger partial charge in [0.1, 0.15) is 0 Å². The minimum atomic E-state index is 0.147. The zero-order chi connectivity index (χ0) is 15.1. The molecule has 0 fully saturated rings. The number of nitrogens with one attached hydrogen (secondary N) is 3. The van der Waals surface area contributed by atoms with Crippen LogP contribution in [0.25, 0.3) is 0 Å². The Bertz CT molecular complexity index is 544. The van der Waals surface area contributed by atoms with E-state index in [1.54, 1.807) is 6.08 Å². The van der Waals surface area contributed by atoms with E-state index in [-0.39, 0.29) is 5.78 Å². The fourth-order valence-electron chi connectivity index (χ4n) is 2.22. The first-order valence-corrected chi connectivity index (χ1v) is 7.38. The molecule has 4 heteroatoms. The van der Waals surface area contributed by atoms with Gasteiger partial charge in [0.15, 0.2) is 5.78 Å². The Hall–Kier alpha value is -2.07. The first-order chi connectivity index (χ1) is 10.2. The topological polar surface area (TPSA) is 53.2 Å². The highest BCUT2D eigenvalue weighted by Gasteiger charge is 2.13. The molecule has 0 spiro atoms. The largest absolute Gasteiger partial charge is 0.379 e. The fraction of sp³-hybridized carbons (Fsp3) is 0.353. The number of likely N-dealkylation sites (N-methyl/N-ethyl adjacent to an activating group) is 1. The molecule has 1 aliphatic heterocycles. The summed E-state index contributed by atoms with van der Waals surface area (Å²) in [6.45, 7) is 3.52. The first-order valence-electron chi connectivity index (χ1n) is 7.38. The molecule has 2 rings (SSSR count). The Morgan fingerprint density at radius 2 is 2.05 bits per heavy atom. The van der Waals surface area contributed by atoms with Crippen molar-refractivity contribution in [2.75, 3.05) is 25.5 Å². The van der Waals surface area contributed by atoms with E-state index in [9.17, 15) is 4.79 Å². The van der Waals surface area contributed by atoms with Gasteiger partial charge in [-0.15, -0.1) is 0 Å². The molecule has 3 N–H and O–H groups in total. The van der Waals surface area contributed by atoms with Gasteiger partial charge in [-0.1, -0.05) is 25.1 Å². The molecule has 0 atom stereocenters. The van der Waals surface area contributed by atoms with Crippen LogP contribution in [0.3, 0.4) is 0 Å². The van der Waals surface area contributed by atoms with Gasteiger partial charge in [0, 0.05) is 29.7 Å². The van der Waals surface area contributed by atoms with Crippen LogP contribution in [0.2, 0.25) is 0 Å². The van der Waals surface area contributed by atoms with Crippen molar-refractivity contribution >= 4 is 11.5 Å². The zero-order valence-electron chi connectivity index (χ0n) is 12.7. The van der Waals surface area contributed by atoms with Gasteiger partial charge in [-0.05, 0) is 31.2 Å². The molecule has 1 aromatic rings. The zero-order valence-corrected chi connectivity index (χ0v) is 12.7. The molecule has 0 saturated carbocycles. The predicted octanol–water partition coefficient (Wildman–Crippen LogP) is 2.21. The van der Waals surface area contributed by atoms with Gasteiger partial charge < -0.3 is 16.0 Å². The van der Waals surface area contributed by atoms with Crippen LogP contribution in [0.1, 0.15) is 18.9 Å². The predicted molar refractivity (Wildman–Crippen MR) is 87.2 cm³/mol. The Morgan fingerprint density at radius 3 is 2.71 bits per heavy atom. The van der Waals surface area contributed by atoms with Crippen LogP contribution in [0.5, 0.6) is 0 Å². The van der Waals surface area contributed by atoms with Crippen molar-refractivity contribution in [3.63, 3.8) is 0 Å². The number of benzene rings is 1. The number of aryl methyl sites for hydroxylation is 1. The molecule has 0 amide bonds. The van der Waals surface area contributed by atoms with Gasteiger partial charge in [0.25, 0.3) is 0 Å². The Morgan fingerprint density at radius 1 is 1.29 bits per heavy atom. The minimum absolute atomic E-state index is 0.147. The average molecular weight is 285 g/mol. The molecule has 112 valence electrons. The van der Waals surface area contributed by atoms with E-state index >= 15 is 0 Å². The number of hydrogen-bond donors (Lipinski definition) is 3. The first kappa shape index (κ1) is 15.3. The number of hydrogen-bond acceptors (Lipinski definition) is 4. The summed E-state index contributed by atoms with van der Waals surface area (Å²) in [7, 11) is 1.89. The molecule has 21 heavy (non-hydrogen) atoms. The van der Waals surface area contributed by atoms with E-state index in [2.05, 4.69) is 47.1 Å². The van der Waals surface area contributed by atoms with Crippen molar-refractivity contribution in [2.24, 2.45) is 0 Å². The van der Waals surface area contributed by atoms with Gasteiger partial charge >= 0.3 is 0 Å². The van der Waals surface area contributed by atoms with Gasteiger partial charge in [-0.3, -0.25) is 4.79 Å². The van der Waals surface area contributed by atoms with Crippen molar-refractivity contribution in [3.8, 4) is 0 Å². The molecule has 0 aromatic heterocycles. The molecule has 1 heterocycles. The summed E-state index contributed by atoms with van der Waals surface area (Å²) in [5.41, 5.74) is 4.26. The Labute approximate surface area is 126 Å². The number of rotatable bonds is 6. The van der Waals surface area contributed by atoms with Crippen molar-refractivity contribution in [2.45, 2.75) is 19.8 Å². The van der Waals surface area contributed by atoms with Crippen molar-refractivity contribution < 1.29 is 4.79 Å². The second kappa shape index (κ2) is 7.64. The molecular formula is C17H23N3O. The third-order valence-corrected chi connectivity index (χ3v) is 3.42. The summed E-state index contributed by atoms with van der Waals surface area (Å²) in [6, 6.07) is 8.38. The van der Waals surface area contributed by atoms with Crippen LogP contribution in [0, 0.1) is 0 Å². The van der Waals surface area contributed by atoms with Crippen LogP contribution in [0.15, 0.2) is 47.8 Å². The summed E-state index contributed by atoms with van der Waals surface area (Å²) in [4.78, 5) is 11.7. The maximum Gasteiger partial charge on any atom is 0.163 e. The molecule has 0 aliphatic carbocycles. The third-order valence-electron chi connectivity index (χ3n) is 3.42. The summed E-state index contributed by atoms with van der Waals surface area (Å²) in [5, 5.41) is 9.70. The van der Waals surface area contributed by atoms with E-state index in [4.69, 9.17) is 0 Å². The second-order valence-corrected chi connectivity index (χ2v) is 5.13. The van der Waals surface area contributed by atoms with E-state index < -0.39 is 0 Å². The summed E-state index contributed by atoms with van der Waals surface area (Å²) < 4.78 is 0. The lowest BCUT2D eigenvalue weighted by atomic mass is 10.1. The number of allylic oxidation sites excluding steroid dienone is 2. The molecular weight excluding hydrogens is 262 g/mol. The normalized spacial score (nSPS) is 16.6. The van der Waals surface area contributed by atoms with Crippen molar-refractivity contribution in [1.82, 2.24) is 10.6 Å². The molecule has 1 aliphatic rings. The quantitative estimate of drug-likeness (QED) is 0.750. The van der Waals surface area contributed by atoms with Gasteiger partial charge in [0.2, 0.25) is 0 Å². The van der Waals surface area contributed by atoms with Crippen LogP contribution in [-0.2, 0) is 11.2 Å². The summed E-state index contributed by atoms with van der Waals surface area (Å²) >= 11 is 0. The van der Waals surface area contributed by atoms with Crippen LogP contribution in [0.4, 0.5) is 5.69 Å². The van der Waals surface area contributed by atoms with Crippen molar-refractivity contribution in [1.29, 1.82) is 0 Å². The number of anilines is 1. The SMILES string of the molecule is CCc1ccc(NCC2=CC(=O)C/C(=C\CNC)N2)cc1. The minimum Gasteiger partial charge on any atom is -0.379 e.